The van der Waals surface area contributed by atoms with Gasteiger partial charge in [0.1, 0.15) is 0 Å². The van der Waals surface area contributed by atoms with Crippen molar-refractivity contribution in [2.24, 2.45) is 0 Å². The van der Waals surface area contributed by atoms with Crippen molar-refractivity contribution in [3.8, 4) is 0 Å². The van der Waals surface area contributed by atoms with E-state index in [-0.39, 0.29) is 27.4 Å². The fourth-order valence-electron chi connectivity index (χ4n) is 2.11. The molecule has 1 saturated heterocycles. The largest absolute Gasteiger partial charge is 0.312 e. The number of nitrogens with zero attached hydrogens (tertiary/aromatic N) is 1. The van der Waals surface area contributed by atoms with E-state index in [0.29, 0.717) is 13.0 Å². The van der Waals surface area contributed by atoms with Gasteiger partial charge in [0.15, 0.2) is 0 Å². The van der Waals surface area contributed by atoms with E-state index < -0.39 is 0 Å². The molecule has 0 aromatic rings. The number of carbonyl (C=O) groups is 2. The number of thioether (sulfide) groups is 1. The predicted octanol–water partition coefficient (Wildman–Crippen LogP) is 2.42. The smallest absolute Gasteiger partial charge is 0.242 e. The first-order chi connectivity index (χ1) is 8.99. The van der Waals surface area contributed by atoms with Gasteiger partial charge in [-0.25, -0.2) is 0 Å². The maximum atomic E-state index is 12.2. The molecule has 1 aliphatic heterocycles. The van der Waals surface area contributed by atoms with E-state index in [4.69, 9.17) is 0 Å². The monoisotopic (exact) mass is 300 g/mol. The van der Waals surface area contributed by atoms with Crippen LogP contribution in [0.5, 0.6) is 0 Å². The summed E-state index contributed by atoms with van der Waals surface area (Å²) < 4.78 is 0.00437. The summed E-state index contributed by atoms with van der Waals surface area (Å²) in [6.45, 7) is 13.9. The summed E-state index contributed by atoms with van der Waals surface area (Å²) >= 11 is 1.60. The molecule has 2 amide bonds. The minimum absolute atomic E-state index is 0.00437. The molecule has 0 saturated carbocycles. The molecule has 5 heteroatoms. The highest BCUT2D eigenvalue weighted by Gasteiger charge is 2.40. The Morgan fingerprint density at radius 1 is 1.20 bits per heavy atom. The van der Waals surface area contributed by atoms with E-state index in [9.17, 15) is 9.59 Å². The van der Waals surface area contributed by atoms with Crippen LogP contribution in [0.3, 0.4) is 0 Å². The van der Waals surface area contributed by atoms with Crippen molar-refractivity contribution in [1.82, 2.24) is 10.2 Å². The van der Waals surface area contributed by atoms with Crippen LogP contribution in [0.1, 0.15) is 54.4 Å². The van der Waals surface area contributed by atoms with Crippen molar-refractivity contribution in [3.63, 3.8) is 0 Å². The number of nitrogens with one attached hydrogen (secondary N) is 1. The number of rotatable bonds is 5. The fourth-order valence-corrected chi connectivity index (χ4v) is 3.41. The van der Waals surface area contributed by atoms with Crippen LogP contribution in [-0.4, -0.2) is 45.3 Å². The molecule has 0 aromatic heterocycles. The Morgan fingerprint density at radius 2 is 1.80 bits per heavy atom. The average Bonchev–Trinajstić information content (AvgIpc) is 2.47. The second kappa shape index (κ2) is 6.48. The molecule has 0 radical (unpaired) electrons. The van der Waals surface area contributed by atoms with E-state index in [2.05, 4.69) is 46.9 Å². The maximum Gasteiger partial charge on any atom is 0.242 e. The molecule has 1 heterocycles. The van der Waals surface area contributed by atoms with Gasteiger partial charge in [0, 0.05) is 23.3 Å². The van der Waals surface area contributed by atoms with Gasteiger partial charge in [-0.15, -0.1) is 11.8 Å². The SMILES string of the molecule is CC(C)(C)NCCCN1C(=O)CC(SC(C)(C)C)C1=O. The lowest BCUT2D eigenvalue weighted by atomic mass is 10.1. The first-order valence-corrected chi connectivity index (χ1v) is 8.15. The quantitative estimate of drug-likeness (QED) is 0.626. The predicted molar refractivity (Wildman–Crippen MR) is 84.8 cm³/mol. The first-order valence-electron chi connectivity index (χ1n) is 7.27. The number of imide groups is 1. The van der Waals surface area contributed by atoms with E-state index in [1.807, 2.05) is 0 Å². The maximum absolute atomic E-state index is 12.2. The van der Waals surface area contributed by atoms with E-state index >= 15 is 0 Å². The minimum atomic E-state index is -0.196. The summed E-state index contributed by atoms with van der Waals surface area (Å²) in [5.41, 5.74) is 0.0731. The number of carbonyl (C=O) groups excluding carboxylic acids is 2. The highest BCUT2D eigenvalue weighted by molar-refractivity contribution is 8.01. The molecule has 1 rings (SSSR count). The van der Waals surface area contributed by atoms with Crippen molar-refractivity contribution in [1.29, 1.82) is 0 Å². The number of hydrogen-bond acceptors (Lipinski definition) is 4. The highest BCUT2D eigenvalue weighted by Crippen LogP contribution is 2.34. The Morgan fingerprint density at radius 3 is 2.30 bits per heavy atom. The molecule has 1 aliphatic rings. The van der Waals surface area contributed by atoms with Crippen LogP contribution in [0, 0.1) is 0 Å². The Hall–Kier alpha value is -0.550. The molecule has 116 valence electrons. The van der Waals surface area contributed by atoms with Crippen molar-refractivity contribution in [2.75, 3.05) is 13.1 Å². The first kappa shape index (κ1) is 17.5. The van der Waals surface area contributed by atoms with Crippen LogP contribution >= 0.6 is 11.8 Å². The van der Waals surface area contributed by atoms with Gasteiger partial charge in [0.2, 0.25) is 11.8 Å². The van der Waals surface area contributed by atoms with Crippen LogP contribution in [-0.2, 0) is 9.59 Å². The number of likely N-dealkylation sites (tertiary alicyclic amines) is 1. The van der Waals surface area contributed by atoms with Gasteiger partial charge in [-0.2, -0.15) is 0 Å². The summed E-state index contributed by atoms with van der Waals surface area (Å²) in [5.74, 6) is -0.0295. The highest BCUT2D eigenvalue weighted by atomic mass is 32.2. The molecule has 4 nitrogen and oxygen atoms in total. The second-order valence-corrected chi connectivity index (χ2v) is 9.37. The van der Waals surface area contributed by atoms with Gasteiger partial charge in [0.25, 0.3) is 0 Å². The van der Waals surface area contributed by atoms with Crippen LogP contribution in [0.2, 0.25) is 0 Å². The van der Waals surface area contributed by atoms with Gasteiger partial charge >= 0.3 is 0 Å². The molecular formula is C15H28N2O2S. The van der Waals surface area contributed by atoms with Crippen molar-refractivity contribution in [2.45, 2.75) is 69.9 Å². The van der Waals surface area contributed by atoms with Gasteiger partial charge in [-0.1, -0.05) is 20.8 Å². The summed E-state index contributed by atoms with van der Waals surface area (Å²) in [5, 5.41) is 3.17. The molecule has 1 atom stereocenters. The average molecular weight is 300 g/mol. The van der Waals surface area contributed by atoms with Crippen molar-refractivity contribution >= 4 is 23.6 Å². The fraction of sp³-hybridized carbons (Fsp3) is 0.867. The normalized spacial score (nSPS) is 20.9. The lowest BCUT2D eigenvalue weighted by Gasteiger charge is -2.23. The Kier molecular flexibility index (Phi) is 5.67. The third-order valence-corrected chi connectivity index (χ3v) is 4.27. The zero-order chi connectivity index (χ0) is 15.6. The van der Waals surface area contributed by atoms with Gasteiger partial charge in [0.05, 0.1) is 5.25 Å². The second-order valence-electron chi connectivity index (χ2n) is 7.34. The number of amides is 2. The molecule has 0 spiro atoms. The summed E-state index contributed by atoms with van der Waals surface area (Å²) in [4.78, 5) is 25.6. The zero-order valence-corrected chi connectivity index (χ0v) is 14.4. The Labute approximate surface area is 127 Å². The lowest BCUT2D eigenvalue weighted by molar-refractivity contribution is -0.138. The topological polar surface area (TPSA) is 49.4 Å². The molecule has 1 unspecified atom stereocenters. The third kappa shape index (κ3) is 5.83. The standard InChI is InChI=1S/C15H28N2O2S/c1-14(2,3)16-8-7-9-17-12(18)10-11(13(17)19)20-15(4,5)6/h11,16H,7-10H2,1-6H3. The molecule has 20 heavy (non-hydrogen) atoms. The van der Waals surface area contributed by atoms with Gasteiger partial charge < -0.3 is 5.32 Å². The Bertz CT molecular complexity index is 369. The van der Waals surface area contributed by atoms with Crippen LogP contribution in [0.15, 0.2) is 0 Å². The van der Waals surface area contributed by atoms with E-state index in [1.54, 1.807) is 11.8 Å². The van der Waals surface area contributed by atoms with Crippen LogP contribution < -0.4 is 5.32 Å². The molecule has 0 aliphatic carbocycles. The third-order valence-electron chi connectivity index (χ3n) is 2.91. The Balaban J connectivity index is 2.43. The minimum Gasteiger partial charge on any atom is -0.312 e. The van der Waals surface area contributed by atoms with Crippen molar-refractivity contribution < 1.29 is 9.59 Å². The van der Waals surface area contributed by atoms with Crippen molar-refractivity contribution in [3.05, 3.63) is 0 Å². The van der Waals surface area contributed by atoms with E-state index in [1.165, 1.54) is 4.90 Å². The molecule has 0 bridgehead atoms. The summed E-state index contributed by atoms with van der Waals surface area (Å²) in [7, 11) is 0. The molecule has 1 N–H and O–H groups in total. The van der Waals surface area contributed by atoms with Crippen LogP contribution in [0.4, 0.5) is 0 Å². The lowest BCUT2D eigenvalue weighted by Crippen LogP contribution is -2.39. The zero-order valence-electron chi connectivity index (χ0n) is 13.6. The summed E-state index contributed by atoms with van der Waals surface area (Å²) in [6, 6.07) is 0. The van der Waals surface area contributed by atoms with E-state index in [0.717, 1.165) is 13.0 Å². The summed E-state index contributed by atoms with van der Waals surface area (Å²) in [6.07, 6.45) is 1.16. The molecule has 1 fully saturated rings. The van der Waals surface area contributed by atoms with Gasteiger partial charge in [-0.05, 0) is 33.7 Å². The van der Waals surface area contributed by atoms with Crippen LogP contribution in [0.25, 0.3) is 0 Å². The molecule has 0 aromatic carbocycles. The number of hydrogen-bond donors (Lipinski definition) is 1. The molecular weight excluding hydrogens is 272 g/mol. The van der Waals surface area contributed by atoms with Gasteiger partial charge in [-0.3, -0.25) is 14.5 Å².